The highest BCUT2D eigenvalue weighted by Crippen LogP contribution is 2.53. The van der Waals surface area contributed by atoms with Gasteiger partial charge >= 0.3 is 11.6 Å². The second-order valence-corrected chi connectivity index (χ2v) is 7.59. The van der Waals surface area contributed by atoms with Crippen molar-refractivity contribution in [1.29, 1.82) is 10.5 Å². The summed E-state index contributed by atoms with van der Waals surface area (Å²) in [5.74, 6) is -14.6. The fourth-order valence-corrected chi connectivity index (χ4v) is 3.76. The molecule has 1 aliphatic rings. The van der Waals surface area contributed by atoms with Gasteiger partial charge in [0, 0.05) is 0 Å². The van der Waals surface area contributed by atoms with Gasteiger partial charge in [0.2, 0.25) is 0 Å². The molecule has 5 rings (SSSR count). The lowest BCUT2D eigenvalue weighted by atomic mass is 10.1. The molecule has 3 heterocycles. The Morgan fingerprint density at radius 2 is 0.925 bits per heavy atom. The molecule has 0 spiro atoms. The van der Waals surface area contributed by atoms with E-state index in [1.165, 1.54) is 0 Å². The maximum atomic E-state index is 15.1. The number of nitriles is 2. The number of hydrogen-bond acceptors (Lipinski definition) is 8. The van der Waals surface area contributed by atoms with Gasteiger partial charge < -0.3 is 9.69 Å². The first-order valence-electron chi connectivity index (χ1n) is 10.4. The van der Waals surface area contributed by atoms with Crippen LogP contribution in [0.3, 0.4) is 0 Å². The second-order valence-electron chi connectivity index (χ2n) is 7.59. The zero-order chi connectivity index (χ0) is 28.9. The number of aromatic nitrogens is 4. The summed E-state index contributed by atoms with van der Waals surface area (Å²) in [5, 5.41) is 19.0. The lowest BCUT2D eigenvalue weighted by molar-refractivity contribution is 0.447. The average molecular weight is 546 g/mol. The lowest BCUT2D eigenvalue weighted by Gasteiger charge is -2.33. The average Bonchev–Trinajstić information content (AvgIpc) is 2.97. The monoisotopic (exact) mass is 546 g/mol. The Morgan fingerprint density at radius 3 is 1.25 bits per heavy atom. The van der Waals surface area contributed by atoms with Gasteiger partial charge in [-0.1, -0.05) is 13.1 Å². The van der Waals surface area contributed by atoms with Crippen molar-refractivity contribution in [3.8, 4) is 12.1 Å². The van der Waals surface area contributed by atoms with Crippen LogP contribution in [0, 0.1) is 70.7 Å². The normalized spacial score (nSPS) is 11.6. The fourth-order valence-electron chi connectivity index (χ4n) is 3.76. The molecule has 0 radical (unpaired) electrons. The van der Waals surface area contributed by atoms with Crippen LogP contribution in [0.1, 0.15) is 11.4 Å². The molecule has 10 nitrogen and oxygen atoms in total. The molecule has 0 unspecified atom stereocenters. The highest BCUT2D eigenvalue weighted by Gasteiger charge is 2.44. The van der Waals surface area contributed by atoms with Crippen LogP contribution < -0.4 is 9.80 Å². The van der Waals surface area contributed by atoms with E-state index in [4.69, 9.17) is 13.1 Å². The third-order valence-electron chi connectivity index (χ3n) is 5.47. The van der Waals surface area contributed by atoms with Crippen LogP contribution in [0.2, 0.25) is 0 Å². The molecule has 0 bridgehead atoms. The van der Waals surface area contributed by atoms with Gasteiger partial charge in [-0.25, -0.2) is 46.1 Å². The molecule has 0 atom stereocenters. The summed E-state index contributed by atoms with van der Waals surface area (Å²) in [6.07, 6.45) is 0. The smallest absolute Gasteiger partial charge is 0.301 e. The van der Waals surface area contributed by atoms with Crippen LogP contribution in [-0.2, 0) is 0 Å². The summed E-state index contributed by atoms with van der Waals surface area (Å²) in [6, 6.07) is 5.70. The number of anilines is 6. The van der Waals surface area contributed by atoms with E-state index in [1.807, 2.05) is 0 Å². The Hall–Kier alpha value is -6.26. The van der Waals surface area contributed by atoms with Gasteiger partial charge in [-0.05, 0) is 24.3 Å². The molecule has 0 aliphatic carbocycles. The first-order valence-corrected chi connectivity index (χ1v) is 10.4. The van der Waals surface area contributed by atoms with Crippen LogP contribution in [0.5, 0.6) is 0 Å². The van der Waals surface area contributed by atoms with Gasteiger partial charge in [0.05, 0.1) is 11.4 Å². The van der Waals surface area contributed by atoms with E-state index in [0.717, 1.165) is 12.1 Å². The molecule has 192 valence electrons. The summed E-state index contributed by atoms with van der Waals surface area (Å²) < 4.78 is 86.5. The highest BCUT2D eigenvalue weighted by atomic mass is 19.2. The van der Waals surface area contributed by atoms with Gasteiger partial charge in [-0.15, -0.1) is 9.97 Å². The van der Waals surface area contributed by atoms with Gasteiger partial charge in [0.25, 0.3) is 11.6 Å². The molecule has 4 aromatic rings. The van der Waals surface area contributed by atoms with Crippen LogP contribution in [0.25, 0.3) is 9.69 Å². The summed E-state index contributed by atoms with van der Waals surface area (Å²) in [6.45, 7) is 14.7. The van der Waals surface area contributed by atoms with Crippen LogP contribution in [0.15, 0.2) is 24.3 Å². The number of hydrogen-bond donors (Lipinski definition) is 0. The highest BCUT2D eigenvalue weighted by molar-refractivity contribution is 5.97. The predicted molar refractivity (Wildman–Crippen MR) is 122 cm³/mol. The molecule has 40 heavy (non-hydrogen) atoms. The Labute approximate surface area is 218 Å². The number of nitrogens with zero attached hydrogens (tertiary/aromatic N) is 10. The summed E-state index contributed by atoms with van der Waals surface area (Å²) in [5.41, 5.74) is -2.93. The third-order valence-corrected chi connectivity index (χ3v) is 5.47. The number of benzene rings is 2. The Kier molecular flexibility index (Phi) is 5.87. The predicted octanol–water partition coefficient (Wildman–Crippen LogP) is 6.20. The number of halogens is 6. The summed E-state index contributed by atoms with van der Waals surface area (Å²) >= 11 is 0. The van der Waals surface area contributed by atoms with Crippen molar-refractivity contribution in [2.75, 3.05) is 9.80 Å². The Morgan fingerprint density at radius 1 is 0.575 bits per heavy atom. The van der Waals surface area contributed by atoms with Crippen molar-refractivity contribution in [2.45, 2.75) is 0 Å². The van der Waals surface area contributed by atoms with Gasteiger partial charge in [0.1, 0.15) is 12.1 Å². The molecule has 1 aliphatic heterocycles. The zero-order valence-corrected chi connectivity index (χ0v) is 19.0. The lowest BCUT2D eigenvalue weighted by Crippen LogP contribution is -2.30. The van der Waals surface area contributed by atoms with Gasteiger partial charge in [0.15, 0.2) is 57.9 Å². The minimum atomic E-state index is -1.94. The molecule has 0 N–H and O–H groups in total. The largest absolute Gasteiger partial charge is 0.370 e. The van der Waals surface area contributed by atoms with Crippen molar-refractivity contribution >= 4 is 46.3 Å². The number of rotatable bonds is 2. The molecule has 16 heteroatoms. The topological polar surface area (TPSA) is 114 Å². The molecule has 0 saturated carbocycles. The van der Waals surface area contributed by atoms with Crippen LogP contribution >= 0.6 is 0 Å². The van der Waals surface area contributed by atoms with E-state index in [1.54, 1.807) is 12.1 Å². The quantitative estimate of drug-likeness (QED) is 0.146. The van der Waals surface area contributed by atoms with E-state index in [9.17, 15) is 28.1 Å². The molecule has 0 saturated heterocycles. The first kappa shape index (κ1) is 25.4. The van der Waals surface area contributed by atoms with Crippen molar-refractivity contribution in [3.05, 3.63) is 93.4 Å². The molecule has 2 aromatic carbocycles. The maximum Gasteiger partial charge on any atom is 0.301 e. The Balaban J connectivity index is 1.99. The molecular weight excluding hydrogens is 542 g/mol. The number of fused-ring (bicyclic) bond motifs is 2. The molecule has 2 aromatic heterocycles. The van der Waals surface area contributed by atoms with Crippen LogP contribution in [-0.4, -0.2) is 19.9 Å². The third kappa shape index (κ3) is 3.56. The van der Waals surface area contributed by atoms with Crippen molar-refractivity contribution in [3.63, 3.8) is 0 Å². The van der Waals surface area contributed by atoms with Crippen molar-refractivity contribution < 1.29 is 26.3 Å². The second kappa shape index (κ2) is 9.24. The van der Waals surface area contributed by atoms with E-state index < -0.39 is 92.6 Å². The molecule has 0 fully saturated rings. The minimum absolute atomic E-state index is 0.535. The maximum absolute atomic E-state index is 15.1. The zero-order valence-electron chi connectivity index (χ0n) is 19.0. The van der Waals surface area contributed by atoms with Crippen LogP contribution in [0.4, 0.5) is 72.6 Å². The van der Waals surface area contributed by atoms with E-state index >= 15 is 8.78 Å². The van der Waals surface area contributed by atoms with Gasteiger partial charge in [-0.3, -0.25) is 0 Å². The molecular formula is C24H4F6N10. The standard InChI is InChI=1S/C24H4F6N10/c1-33-19-20(34-2)38-24-23(37-19)39(13-5-3-9(25)15(27)17(13)29)21-22(36-12(8-32)11(7-31)35-21)40(24)14-6-4-10(26)16(28)18(14)30/h3-6H. The molecule has 0 amide bonds. The fraction of sp³-hybridized carbons (Fsp3) is 0. The Bertz CT molecular complexity index is 1730. The first-order chi connectivity index (χ1) is 19.2. The van der Waals surface area contributed by atoms with E-state index in [2.05, 4.69) is 29.6 Å². The SMILES string of the molecule is [C-]#[N+]c1nc2c(nc1[N+]#[C-])N(c1ccc(F)c(F)c1F)c1nc(C#N)c(C#N)nc1N2c1ccc(F)c(F)c1F. The summed E-state index contributed by atoms with van der Waals surface area (Å²) in [4.78, 5) is 23.2. The minimum Gasteiger partial charge on any atom is -0.370 e. The van der Waals surface area contributed by atoms with Crippen molar-refractivity contribution in [1.82, 2.24) is 19.9 Å². The summed E-state index contributed by atoms with van der Waals surface area (Å²) in [7, 11) is 0. The van der Waals surface area contributed by atoms with Crippen molar-refractivity contribution in [2.24, 2.45) is 0 Å². The van der Waals surface area contributed by atoms with E-state index in [-0.39, 0.29) is 0 Å². The van der Waals surface area contributed by atoms with E-state index in [0.29, 0.717) is 21.9 Å². The van der Waals surface area contributed by atoms with Gasteiger partial charge in [-0.2, -0.15) is 10.5 Å².